The van der Waals surface area contributed by atoms with Crippen LogP contribution in [0.1, 0.15) is 39.0 Å². The summed E-state index contributed by atoms with van der Waals surface area (Å²) in [5.74, 6) is -0.326. The number of nitrogens with two attached hydrogens (primary N) is 1. The first-order valence-electron chi connectivity index (χ1n) is 12.6. The van der Waals surface area contributed by atoms with E-state index >= 15 is 0 Å². The summed E-state index contributed by atoms with van der Waals surface area (Å²) in [6.45, 7) is 4.08. The van der Waals surface area contributed by atoms with Crippen LogP contribution in [0.15, 0.2) is 42.9 Å². The van der Waals surface area contributed by atoms with Crippen molar-refractivity contribution in [2.75, 3.05) is 18.5 Å². The SMILES string of the molecule is CC(=O)CCc1ccccc1OP(=O)(C[C@@H](C)C(C)=O)OC[C@H]1O[C@@H](n2ccc3c(N)ncnc32)C(Cl)(Cl)[C@H]1O. The van der Waals surface area contributed by atoms with Crippen LogP contribution in [0.5, 0.6) is 5.75 Å². The van der Waals surface area contributed by atoms with E-state index in [0.29, 0.717) is 23.0 Å². The van der Waals surface area contributed by atoms with Gasteiger partial charge in [-0.15, -0.1) is 0 Å². The molecule has 3 N–H and O–H groups in total. The molecule has 1 aliphatic rings. The van der Waals surface area contributed by atoms with E-state index in [1.807, 2.05) is 0 Å². The Morgan fingerprint density at radius 3 is 2.67 bits per heavy atom. The standard InChI is InChI=1S/C26H31Cl2N4O7P/c1-15(17(3)34)13-40(36,39-20-7-5-4-6-18(20)9-8-16(2)33)37-12-21-22(35)26(27,28)25(38-21)32-11-10-19-23(29)30-14-31-24(19)32/h4-7,10-11,14-15,21-22,25,35H,8-9,12-13H2,1-3H3,(H2,29,30,31)/t15-,21-,22+,25-,40?/m1/s1. The molecule has 0 spiro atoms. The first-order valence-corrected chi connectivity index (χ1v) is 15.1. The number of ether oxygens (including phenoxy) is 1. The second kappa shape index (κ2) is 12.1. The maximum absolute atomic E-state index is 14.0. The predicted molar refractivity (Wildman–Crippen MR) is 151 cm³/mol. The first kappa shape index (κ1) is 30.4. The van der Waals surface area contributed by atoms with E-state index in [1.165, 1.54) is 24.7 Å². The first-order chi connectivity index (χ1) is 18.8. The van der Waals surface area contributed by atoms with E-state index in [0.717, 1.165) is 0 Å². The van der Waals surface area contributed by atoms with Gasteiger partial charge >= 0.3 is 7.60 Å². The van der Waals surface area contributed by atoms with Crippen molar-refractivity contribution >= 4 is 59.2 Å². The quantitative estimate of drug-likeness (QED) is 0.221. The lowest BCUT2D eigenvalue weighted by molar-refractivity contribution is -0.120. The molecule has 3 aromatic rings. The molecular formula is C26H31Cl2N4O7P. The number of alkyl halides is 2. The van der Waals surface area contributed by atoms with Crippen molar-refractivity contribution in [2.45, 2.75) is 56.4 Å². The van der Waals surface area contributed by atoms with Crippen LogP contribution < -0.4 is 10.3 Å². The monoisotopic (exact) mass is 612 g/mol. The number of carbonyl (C=O) groups is 2. The Balaban J connectivity index is 1.57. The number of aryl methyl sites for hydroxylation is 1. The summed E-state index contributed by atoms with van der Waals surface area (Å²) < 4.78 is 31.5. The number of carbonyl (C=O) groups excluding carboxylic acids is 2. The Morgan fingerprint density at radius 2 is 1.98 bits per heavy atom. The fourth-order valence-electron chi connectivity index (χ4n) is 4.31. The Hall–Kier alpha value is -2.53. The molecule has 1 aromatic carbocycles. The number of aliphatic hydroxyl groups excluding tert-OH is 1. The molecule has 0 saturated carbocycles. The van der Waals surface area contributed by atoms with E-state index in [4.69, 9.17) is 42.7 Å². The molecule has 0 radical (unpaired) electrons. The fraction of sp³-hybridized carbons (Fsp3) is 0.462. The predicted octanol–water partition coefficient (Wildman–Crippen LogP) is 4.48. The smallest absolute Gasteiger partial charge is 0.380 e. The summed E-state index contributed by atoms with van der Waals surface area (Å²) >= 11 is 13.1. The van der Waals surface area contributed by atoms with Crippen molar-refractivity contribution in [2.24, 2.45) is 5.92 Å². The minimum absolute atomic E-state index is 0.00314. The number of rotatable bonds is 12. The normalized spacial score (nSPS) is 22.6. The number of Topliss-reactive ketones (excluding diaryl/α,β-unsaturated/α-hetero) is 2. The lowest BCUT2D eigenvalue weighted by Gasteiger charge is -2.25. The van der Waals surface area contributed by atoms with E-state index in [1.54, 1.807) is 43.5 Å². The van der Waals surface area contributed by atoms with Crippen LogP contribution in [0.3, 0.4) is 0 Å². The Bertz CT molecular complexity index is 1450. The van der Waals surface area contributed by atoms with Crippen LogP contribution in [-0.4, -0.2) is 60.5 Å². The van der Waals surface area contributed by atoms with Crippen LogP contribution in [0.2, 0.25) is 0 Å². The van der Waals surface area contributed by atoms with Crippen molar-refractivity contribution in [3.05, 3.63) is 48.4 Å². The Morgan fingerprint density at radius 1 is 1.25 bits per heavy atom. The zero-order chi connectivity index (χ0) is 29.2. The number of hydrogen-bond acceptors (Lipinski definition) is 10. The van der Waals surface area contributed by atoms with Gasteiger partial charge in [0.25, 0.3) is 0 Å². The lowest BCUT2D eigenvalue weighted by Crippen LogP contribution is -2.38. The Labute approximate surface area is 241 Å². The largest absolute Gasteiger partial charge is 0.424 e. The molecule has 1 saturated heterocycles. The second-order valence-corrected chi connectivity index (χ2v) is 13.3. The summed E-state index contributed by atoms with van der Waals surface area (Å²) in [5.41, 5.74) is 6.98. The summed E-state index contributed by atoms with van der Waals surface area (Å²) in [6.07, 6.45) is -0.362. The van der Waals surface area contributed by atoms with Crippen LogP contribution >= 0.6 is 30.8 Å². The number of aliphatic hydroxyl groups is 1. The Kier molecular flexibility index (Phi) is 9.24. The third kappa shape index (κ3) is 6.51. The maximum atomic E-state index is 14.0. The number of fused-ring (bicyclic) bond motifs is 1. The van der Waals surface area contributed by atoms with E-state index < -0.39 is 42.9 Å². The van der Waals surface area contributed by atoms with Gasteiger partial charge in [0.15, 0.2) is 10.6 Å². The summed E-state index contributed by atoms with van der Waals surface area (Å²) in [6, 6.07) is 8.53. The highest BCUT2D eigenvalue weighted by Crippen LogP contribution is 2.53. The number of anilines is 1. The van der Waals surface area contributed by atoms with Gasteiger partial charge in [-0.05, 0) is 38.0 Å². The van der Waals surface area contributed by atoms with E-state index in [9.17, 15) is 19.3 Å². The summed E-state index contributed by atoms with van der Waals surface area (Å²) in [7, 11) is -4.00. The van der Waals surface area contributed by atoms with Crippen molar-refractivity contribution in [3.8, 4) is 5.75 Å². The van der Waals surface area contributed by atoms with Crippen LogP contribution in [-0.2, 0) is 29.8 Å². The molecule has 40 heavy (non-hydrogen) atoms. The van der Waals surface area contributed by atoms with E-state index in [-0.39, 0.29) is 35.7 Å². The summed E-state index contributed by atoms with van der Waals surface area (Å²) in [4.78, 5) is 31.7. The number of halogens is 2. The number of para-hydroxylation sites is 1. The fourth-order valence-corrected chi connectivity index (χ4v) is 6.92. The number of benzene rings is 1. The van der Waals surface area contributed by atoms with Gasteiger partial charge in [0.2, 0.25) is 0 Å². The zero-order valence-electron chi connectivity index (χ0n) is 22.2. The number of nitrogens with zero attached hydrogens (tertiary/aromatic N) is 3. The number of aromatic nitrogens is 3. The van der Waals surface area contributed by atoms with Gasteiger partial charge in [-0.3, -0.25) is 9.32 Å². The van der Waals surface area contributed by atoms with Crippen LogP contribution in [0.25, 0.3) is 11.0 Å². The van der Waals surface area contributed by atoms with Crippen molar-refractivity contribution in [1.82, 2.24) is 14.5 Å². The topological polar surface area (TPSA) is 156 Å². The highest BCUT2D eigenvalue weighted by molar-refractivity contribution is 7.54. The molecule has 14 heteroatoms. The number of nitrogen functional groups attached to an aromatic ring is 1. The van der Waals surface area contributed by atoms with Gasteiger partial charge in [0.05, 0.1) is 18.2 Å². The average molecular weight is 613 g/mol. The van der Waals surface area contributed by atoms with E-state index in [2.05, 4.69) is 9.97 Å². The van der Waals surface area contributed by atoms with Crippen molar-refractivity contribution in [1.29, 1.82) is 0 Å². The van der Waals surface area contributed by atoms with Crippen molar-refractivity contribution < 1.29 is 33.0 Å². The van der Waals surface area contributed by atoms with Crippen molar-refractivity contribution in [3.63, 3.8) is 0 Å². The molecule has 0 amide bonds. The molecule has 216 valence electrons. The third-order valence-electron chi connectivity index (χ3n) is 6.76. The summed E-state index contributed by atoms with van der Waals surface area (Å²) in [5, 5.41) is 11.5. The van der Waals surface area contributed by atoms with Gasteiger partial charge in [0.1, 0.15) is 47.3 Å². The lowest BCUT2D eigenvalue weighted by atomic mass is 10.1. The highest BCUT2D eigenvalue weighted by atomic mass is 35.5. The van der Waals surface area contributed by atoms with Crippen LogP contribution in [0.4, 0.5) is 5.82 Å². The zero-order valence-corrected chi connectivity index (χ0v) is 24.6. The third-order valence-corrected chi connectivity index (χ3v) is 9.59. The molecule has 0 aliphatic carbocycles. The van der Waals surface area contributed by atoms with Crippen LogP contribution in [0, 0.1) is 5.92 Å². The molecule has 1 unspecified atom stereocenters. The average Bonchev–Trinajstić information content (AvgIpc) is 3.41. The maximum Gasteiger partial charge on any atom is 0.380 e. The molecule has 3 heterocycles. The van der Waals surface area contributed by atoms with Gasteiger partial charge in [0, 0.05) is 18.5 Å². The van der Waals surface area contributed by atoms with Gasteiger partial charge in [-0.25, -0.2) is 14.5 Å². The minimum Gasteiger partial charge on any atom is -0.424 e. The highest BCUT2D eigenvalue weighted by Gasteiger charge is 2.56. The molecule has 0 bridgehead atoms. The second-order valence-electron chi connectivity index (χ2n) is 9.87. The number of hydrogen-bond donors (Lipinski definition) is 2. The molecule has 1 fully saturated rings. The molecule has 2 aromatic heterocycles. The molecular weight excluding hydrogens is 582 g/mol. The van der Waals surface area contributed by atoms with Gasteiger partial charge in [-0.2, -0.15) is 0 Å². The molecule has 4 rings (SSSR count). The van der Waals surface area contributed by atoms with Gasteiger partial charge in [-0.1, -0.05) is 48.3 Å². The number of ketones is 2. The minimum atomic E-state index is -4.00. The molecule has 5 atom stereocenters. The van der Waals surface area contributed by atoms with Gasteiger partial charge < -0.3 is 29.5 Å². The molecule has 1 aliphatic heterocycles. The molecule has 11 nitrogen and oxygen atoms in total.